The van der Waals surface area contributed by atoms with Crippen LogP contribution in [0.1, 0.15) is 24.6 Å². The molecular weight excluding hydrogens is 238 g/mol. The zero-order chi connectivity index (χ0) is 13.8. The van der Waals surface area contributed by atoms with Crippen molar-refractivity contribution in [2.75, 3.05) is 7.11 Å². The van der Waals surface area contributed by atoms with Crippen LogP contribution in [0.2, 0.25) is 0 Å². The van der Waals surface area contributed by atoms with Gasteiger partial charge >= 0.3 is 0 Å². The minimum atomic E-state index is 0.491. The van der Waals surface area contributed by atoms with Crippen molar-refractivity contribution in [1.29, 1.82) is 0 Å². The Bertz CT molecular complexity index is 561. The summed E-state index contributed by atoms with van der Waals surface area (Å²) in [5.41, 5.74) is 10.3. The zero-order valence-corrected chi connectivity index (χ0v) is 11.8. The van der Waals surface area contributed by atoms with Gasteiger partial charge < -0.3 is 10.5 Å². The van der Waals surface area contributed by atoms with E-state index in [-0.39, 0.29) is 0 Å². The highest BCUT2D eigenvalue weighted by molar-refractivity contribution is 5.69. The number of aromatic nitrogens is 2. The molecule has 0 aliphatic rings. The summed E-state index contributed by atoms with van der Waals surface area (Å²) in [5.74, 6) is 0.836. The van der Waals surface area contributed by atoms with Gasteiger partial charge in [-0.25, -0.2) is 0 Å². The molecule has 2 rings (SSSR count). The van der Waals surface area contributed by atoms with Crippen LogP contribution in [0.3, 0.4) is 0 Å². The van der Waals surface area contributed by atoms with E-state index in [1.54, 1.807) is 7.11 Å². The predicted octanol–water partition coefficient (Wildman–Crippen LogP) is 2.74. The van der Waals surface area contributed by atoms with Crippen molar-refractivity contribution in [3.63, 3.8) is 0 Å². The van der Waals surface area contributed by atoms with Gasteiger partial charge in [-0.2, -0.15) is 5.10 Å². The fraction of sp³-hybridized carbons (Fsp3) is 0.400. The summed E-state index contributed by atoms with van der Waals surface area (Å²) < 4.78 is 7.24. The van der Waals surface area contributed by atoms with Crippen LogP contribution < -0.4 is 10.5 Å². The summed E-state index contributed by atoms with van der Waals surface area (Å²) in [5, 5.41) is 4.54. The van der Waals surface area contributed by atoms with Crippen molar-refractivity contribution in [2.24, 2.45) is 5.73 Å². The van der Waals surface area contributed by atoms with Crippen molar-refractivity contribution < 1.29 is 4.74 Å². The minimum Gasteiger partial charge on any atom is -0.497 e. The first-order valence-electron chi connectivity index (χ1n) is 6.61. The summed E-state index contributed by atoms with van der Waals surface area (Å²) in [6, 6.07) is 6.01. The van der Waals surface area contributed by atoms with Gasteiger partial charge in [0.25, 0.3) is 0 Å². The van der Waals surface area contributed by atoms with Crippen LogP contribution in [0.5, 0.6) is 5.75 Å². The second-order valence-corrected chi connectivity index (χ2v) is 4.62. The van der Waals surface area contributed by atoms with Gasteiger partial charge in [0.15, 0.2) is 0 Å². The van der Waals surface area contributed by atoms with Gasteiger partial charge in [-0.1, -0.05) is 13.0 Å². The Morgan fingerprint density at radius 1 is 1.32 bits per heavy atom. The fourth-order valence-electron chi connectivity index (χ4n) is 2.25. The molecular formula is C15H21N3O. The van der Waals surface area contributed by atoms with Crippen LogP contribution in [0.15, 0.2) is 24.4 Å². The maximum absolute atomic E-state index is 5.84. The van der Waals surface area contributed by atoms with E-state index in [1.165, 1.54) is 0 Å². The molecule has 0 aliphatic carbocycles. The van der Waals surface area contributed by atoms with E-state index in [0.29, 0.717) is 6.54 Å². The van der Waals surface area contributed by atoms with Crippen molar-refractivity contribution in [3.8, 4) is 16.9 Å². The number of nitrogens with two attached hydrogens (primary N) is 1. The van der Waals surface area contributed by atoms with Crippen molar-refractivity contribution in [3.05, 3.63) is 35.7 Å². The van der Waals surface area contributed by atoms with Gasteiger partial charge in [-0.05, 0) is 36.6 Å². The van der Waals surface area contributed by atoms with E-state index in [9.17, 15) is 0 Å². The van der Waals surface area contributed by atoms with Crippen LogP contribution in [0.4, 0.5) is 0 Å². The number of rotatable bonds is 5. The molecule has 1 aromatic carbocycles. The Morgan fingerprint density at radius 3 is 2.74 bits per heavy atom. The molecule has 0 radical (unpaired) electrons. The highest BCUT2D eigenvalue weighted by Gasteiger charge is 2.11. The molecule has 0 saturated heterocycles. The number of aryl methyl sites for hydroxylation is 2. The molecule has 4 heteroatoms. The van der Waals surface area contributed by atoms with Crippen molar-refractivity contribution in [2.45, 2.75) is 33.4 Å². The smallest absolute Gasteiger partial charge is 0.119 e. The largest absolute Gasteiger partial charge is 0.497 e. The quantitative estimate of drug-likeness (QED) is 0.898. The fourth-order valence-corrected chi connectivity index (χ4v) is 2.25. The van der Waals surface area contributed by atoms with E-state index in [0.717, 1.165) is 41.1 Å². The summed E-state index contributed by atoms with van der Waals surface area (Å²) in [4.78, 5) is 0. The summed E-state index contributed by atoms with van der Waals surface area (Å²) in [7, 11) is 1.67. The molecule has 4 nitrogen and oxygen atoms in total. The summed E-state index contributed by atoms with van der Waals surface area (Å²) >= 11 is 0. The average molecular weight is 259 g/mol. The number of methoxy groups -OCH3 is 1. The lowest BCUT2D eigenvalue weighted by Crippen LogP contribution is -2.00. The standard InChI is InChI=1S/C15H21N3O/c1-4-7-18-10-15(11(2)17-18)14-6-5-13(19-3)8-12(14)9-16/h5-6,8,10H,4,7,9,16H2,1-3H3. The van der Waals surface area contributed by atoms with Crippen LogP contribution >= 0.6 is 0 Å². The first-order valence-corrected chi connectivity index (χ1v) is 6.61. The normalized spacial score (nSPS) is 10.7. The lowest BCUT2D eigenvalue weighted by atomic mass is 10.00. The first kappa shape index (κ1) is 13.6. The number of ether oxygens (including phenoxy) is 1. The molecule has 0 spiro atoms. The number of hydrogen-bond acceptors (Lipinski definition) is 3. The third-order valence-electron chi connectivity index (χ3n) is 3.22. The zero-order valence-electron chi connectivity index (χ0n) is 11.8. The van der Waals surface area contributed by atoms with Gasteiger partial charge in [0.2, 0.25) is 0 Å². The van der Waals surface area contributed by atoms with Crippen LogP contribution in [0, 0.1) is 6.92 Å². The molecule has 0 amide bonds. The highest BCUT2D eigenvalue weighted by atomic mass is 16.5. The van der Waals surface area contributed by atoms with E-state index in [2.05, 4.69) is 24.3 Å². The molecule has 2 N–H and O–H groups in total. The monoisotopic (exact) mass is 259 g/mol. The number of hydrogen-bond donors (Lipinski definition) is 1. The molecule has 0 bridgehead atoms. The van der Waals surface area contributed by atoms with Gasteiger partial charge in [0, 0.05) is 24.8 Å². The van der Waals surface area contributed by atoms with Gasteiger partial charge in [0.1, 0.15) is 5.75 Å². The molecule has 0 aliphatic heterocycles. The lowest BCUT2D eigenvalue weighted by Gasteiger charge is -2.09. The third kappa shape index (κ3) is 2.79. The van der Waals surface area contributed by atoms with Gasteiger partial charge in [0.05, 0.1) is 12.8 Å². The Hall–Kier alpha value is -1.81. The molecule has 0 atom stereocenters. The van der Waals surface area contributed by atoms with E-state index < -0.39 is 0 Å². The SMILES string of the molecule is CCCn1cc(-c2ccc(OC)cc2CN)c(C)n1. The average Bonchev–Trinajstić information content (AvgIpc) is 2.79. The molecule has 1 heterocycles. The Kier molecular flexibility index (Phi) is 4.22. The summed E-state index contributed by atoms with van der Waals surface area (Å²) in [6.07, 6.45) is 3.17. The van der Waals surface area contributed by atoms with Gasteiger partial charge in [-0.15, -0.1) is 0 Å². The van der Waals surface area contributed by atoms with Crippen LogP contribution in [-0.2, 0) is 13.1 Å². The van der Waals surface area contributed by atoms with E-state index in [1.807, 2.05) is 23.7 Å². The molecule has 102 valence electrons. The summed E-state index contributed by atoms with van der Waals surface area (Å²) in [6.45, 7) is 5.61. The van der Waals surface area contributed by atoms with E-state index >= 15 is 0 Å². The topological polar surface area (TPSA) is 53.1 Å². The maximum atomic E-state index is 5.84. The third-order valence-corrected chi connectivity index (χ3v) is 3.22. The number of nitrogens with zero attached hydrogens (tertiary/aromatic N) is 2. The van der Waals surface area contributed by atoms with Crippen molar-refractivity contribution >= 4 is 0 Å². The highest BCUT2D eigenvalue weighted by Crippen LogP contribution is 2.29. The maximum Gasteiger partial charge on any atom is 0.119 e. The lowest BCUT2D eigenvalue weighted by molar-refractivity contribution is 0.414. The Labute approximate surface area is 114 Å². The molecule has 2 aromatic rings. The molecule has 0 saturated carbocycles. The van der Waals surface area contributed by atoms with Crippen LogP contribution in [0.25, 0.3) is 11.1 Å². The Morgan fingerprint density at radius 2 is 2.11 bits per heavy atom. The van der Waals surface area contributed by atoms with Crippen molar-refractivity contribution in [1.82, 2.24) is 9.78 Å². The second-order valence-electron chi connectivity index (χ2n) is 4.62. The minimum absolute atomic E-state index is 0.491. The molecule has 1 aromatic heterocycles. The van der Waals surface area contributed by atoms with E-state index in [4.69, 9.17) is 10.5 Å². The number of benzene rings is 1. The van der Waals surface area contributed by atoms with Crippen LogP contribution in [-0.4, -0.2) is 16.9 Å². The molecule has 19 heavy (non-hydrogen) atoms. The molecule has 0 fully saturated rings. The Balaban J connectivity index is 2.45. The molecule has 0 unspecified atom stereocenters. The van der Waals surface area contributed by atoms with Gasteiger partial charge in [-0.3, -0.25) is 4.68 Å². The first-order chi connectivity index (χ1) is 9.19. The predicted molar refractivity (Wildman–Crippen MR) is 77.1 cm³/mol. The second kappa shape index (κ2) is 5.89.